The summed E-state index contributed by atoms with van der Waals surface area (Å²) in [5.41, 5.74) is 3.95. The molecule has 0 amide bonds. The Labute approximate surface area is 168 Å². The molecule has 1 aliphatic carbocycles. The summed E-state index contributed by atoms with van der Waals surface area (Å²) in [7, 11) is 0. The lowest BCUT2D eigenvalue weighted by atomic mass is 9.96. The van der Waals surface area contributed by atoms with Gasteiger partial charge in [0.2, 0.25) is 0 Å². The molecule has 1 saturated carbocycles. The molecule has 0 spiro atoms. The average molecular weight is 394 g/mol. The number of hydrogen-bond acceptors (Lipinski definition) is 5. The molecule has 28 heavy (non-hydrogen) atoms. The summed E-state index contributed by atoms with van der Waals surface area (Å²) < 4.78 is 7.42. The van der Waals surface area contributed by atoms with Crippen molar-refractivity contribution in [3.8, 4) is 5.75 Å². The van der Waals surface area contributed by atoms with Crippen molar-refractivity contribution < 1.29 is 9.53 Å². The van der Waals surface area contributed by atoms with E-state index in [2.05, 4.69) is 4.98 Å². The zero-order valence-corrected chi connectivity index (χ0v) is 16.5. The summed E-state index contributed by atoms with van der Waals surface area (Å²) in [6.45, 7) is 0.391. The van der Waals surface area contributed by atoms with Crippen molar-refractivity contribution in [1.82, 2.24) is 9.55 Å². The van der Waals surface area contributed by atoms with E-state index < -0.39 is 0 Å². The fraction of sp³-hybridized carbons (Fsp3) is 0.318. The molecule has 144 valence electrons. The van der Waals surface area contributed by atoms with Gasteiger partial charge in [-0.05, 0) is 43.2 Å². The minimum absolute atomic E-state index is 0.103. The molecule has 0 saturated heterocycles. The maximum Gasteiger partial charge on any atom is 0.263 e. The third kappa shape index (κ3) is 4.57. The van der Waals surface area contributed by atoms with Gasteiger partial charge in [-0.3, -0.25) is 14.4 Å². The largest absolute Gasteiger partial charge is 0.487 e. The minimum Gasteiger partial charge on any atom is -0.487 e. The van der Waals surface area contributed by atoms with Crippen LogP contribution in [0.25, 0.3) is 0 Å². The van der Waals surface area contributed by atoms with Gasteiger partial charge in [0.15, 0.2) is 0 Å². The first-order chi connectivity index (χ1) is 13.8. The van der Waals surface area contributed by atoms with Crippen molar-refractivity contribution in [2.24, 2.45) is 4.99 Å². The molecule has 0 aliphatic heterocycles. The average Bonchev–Trinajstić information content (AvgIpc) is 3.27. The molecule has 4 rings (SSSR count). The minimum atomic E-state index is -0.103. The molecule has 2 heterocycles. The Balaban J connectivity index is 1.56. The van der Waals surface area contributed by atoms with E-state index in [1.807, 2.05) is 41.8 Å². The molecular weight excluding hydrogens is 370 g/mol. The maximum absolute atomic E-state index is 13.1. The fourth-order valence-electron chi connectivity index (χ4n) is 3.43. The molecule has 3 aromatic rings. The third-order valence-electron chi connectivity index (χ3n) is 4.90. The molecule has 0 N–H and O–H groups in total. The lowest BCUT2D eigenvalue weighted by Crippen LogP contribution is -2.29. The number of carbonyl (C=O) groups is 1. The van der Waals surface area contributed by atoms with E-state index >= 15 is 0 Å². The van der Waals surface area contributed by atoms with Gasteiger partial charge in [0, 0.05) is 17.1 Å². The van der Waals surface area contributed by atoms with Gasteiger partial charge in [-0.2, -0.15) is 0 Å². The number of pyridine rings is 1. The third-order valence-corrected chi connectivity index (χ3v) is 5.53. The van der Waals surface area contributed by atoms with E-state index in [4.69, 9.17) is 9.73 Å². The molecule has 1 aromatic carbocycles. The molecule has 0 radical (unpaired) electrons. The Morgan fingerprint density at radius 3 is 2.89 bits per heavy atom. The van der Waals surface area contributed by atoms with Crippen LogP contribution in [0.2, 0.25) is 0 Å². The van der Waals surface area contributed by atoms with Gasteiger partial charge in [-0.15, -0.1) is 11.3 Å². The Morgan fingerprint density at radius 2 is 2.07 bits per heavy atom. The lowest BCUT2D eigenvalue weighted by molar-refractivity contribution is 0.0954. The maximum atomic E-state index is 13.1. The van der Waals surface area contributed by atoms with Crippen LogP contribution in [0.15, 0.2) is 64.5 Å². The van der Waals surface area contributed by atoms with Crippen LogP contribution in [0.4, 0.5) is 0 Å². The highest BCUT2D eigenvalue weighted by Gasteiger charge is 2.14. The number of carbonyl (C=O) groups excluding carboxylic acids is 1. The zero-order chi connectivity index (χ0) is 19.2. The molecule has 6 heteroatoms. The number of ether oxygens (including phenoxy) is 1. The normalized spacial score (nSPS) is 15.5. The van der Waals surface area contributed by atoms with Gasteiger partial charge in [0.05, 0.1) is 17.2 Å². The number of aromatic nitrogens is 2. The summed E-state index contributed by atoms with van der Waals surface area (Å²) in [4.78, 5) is 22.2. The standard InChI is InChI=1S/C22H23N3O2S/c26-22(17-7-6-10-20(13-17)27-14-19-15-28-16-23-19)25-12-5-4-11-21(25)24-18-8-2-1-3-9-18/h4-7,10-13,15-16,18H,1-3,8-9,14H2. The van der Waals surface area contributed by atoms with E-state index in [0.29, 0.717) is 29.4 Å². The quantitative estimate of drug-likeness (QED) is 0.644. The van der Waals surface area contributed by atoms with Crippen molar-refractivity contribution in [2.75, 3.05) is 0 Å². The molecule has 0 unspecified atom stereocenters. The second kappa shape index (κ2) is 8.97. The fourth-order valence-corrected chi connectivity index (χ4v) is 3.98. The topological polar surface area (TPSA) is 56.5 Å². The Hall–Kier alpha value is -2.73. The van der Waals surface area contributed by atoms with E-state index in [1.165, 1.54) is 30.6 Å². The first-order valence-corrected chi connectivity index (χ1v) is 10.6. The van der Waals surface area contributed by atoms with Crippen LogP contribution in [0.5, 0.6) is 5.75 Å². The van der Waals surface area contributed by atoms with Crippen molar-refractivity contribution >= 4 is 17.2 Å². The van der Waals surface area contributed by atoms with Gasteiger partial charge < -0.3 is 4.74 Å². The predicted molar refractivity (Wildman–Crippen MR) is 109 cm³/mol. The number of nitrogens with zero attached hydrogens (tertiary/aromatic N) is 3. The zero-order valence-electron chi connectivity index (χ0n) is 15.7. The summed E-state index contributed by atoms with van der Waals surface area (Å²) in [5, 5.41) is 1.95. The highest BCUT2D eigenvalue weighted by molar-refractivity contribution is 7.07. The molecule has 5 nitrogen and oxygen atoms in total. The van der Waals surface area contributed by atoms with E-state index in [1.54, 1.807) is 22.3 Å². The van der Waals surface area contributed by atoms with Crippen molar-refractivity contribution in [2.45, 2.75) is 44.8 Å². The molecule has 1 aliphatic rings. The van der Waals surface area contributed by atoms with Crippen LogP contribution >= 0.6 is 11.3 Å². The summed E-state index contributed by atoms with van der Waals surface area (Å²) in [5.74, 6) is 0.551. The van der Waals surface area contributed by atoms with Crippen LogP contribution in [-0.4, -0.2) is 21.5 Å². The number of rotatable bonds is 5. The van der Waals surface area contributed by atoms with Gasteiger partial charge in [0.25, 0.3) is 5.91 Å². The smallest absolute Gasteiger partial charge is 0.263 e. The predicted octanol–water partition coefficient (Wildman–Crippen LogP) is 4.45. The van der Waals surface area contributed by atoms with Gasteiger partial charge in [0.1, 0.15) is 17.8 Å². The van der Waals surface area contributed by atoms with Gasteiger partial charge >= 0.3 is 0 Å². The van der Waals surface area contributed by atoms with Crippen molar-refractivity contribution in [3.05, 3.63) is 76.3 Å². The van der Waals surface area contributed by atoms with Crippen LogP contribution in [-0.2, 0) is 6.61 Å². The molecule has 0 atom stereocenters. The van der Waals surface area contributed by atoms with E-state index in [0.717, 1.165) is 18.5 Å². The number of thiazole rings is 1. The number of benzene rings is 1. The van der Waals surface area contributed by atoms with Crippen molar-refractivity contribution in [3.63, 3.8) is 0 Å². The van der Waals surface area contributed by atoms with Crippen LogP contribution in [0.3, 0.4) is 0 Å². The lowest BCUT2D eigenvalue weighted by Gasteiger charge is -2.17. The summed E-state index contributed by atoms with van der Waals surface area (Å²) >= 11 is 1.54. The molecular formula is C22H23N3O2S. The Morgan fingerprint density at radius 1 is 1.18 bits per heavy atom. The SMILES string of the molecule is O=C(c1cccc(OCc2cscn2)c1)n1ccccc1=NC1CCCCC1. The molecule has 2 aromatic heterocycles. The van der Waals surface area contributed by atoms with E-state index in [-0.39, 0.29) is 5.91 Å². The molecule has 0 bridgehead atoms. The highest BCUT2D eigenvalue weighted by atomic mass is 32.1. The van der Waals surface area contributed by atoms with Gasteiger partial charge in [-0.25, -0.2) is 4.98 Å². The van der Waals surface area contributed by atoms with Gasteiger partial charge in [-0.1, -0.05) is 31.4 Å². The second-order valence-electron chi connectivity index (χ2n) is 6.95. The monoisotopic (exact) mass is 393 g/mol. The highest BCUT2D eigenvalue weighted by Crippen LogP contribution is 2.20. The van der Waals surface area contributed by atoms with Crippen LogP contribution in [0, 0.1) is 0 Å². The Bertz CT molecular complexity index is 989. The first kappa shape index (κ1) is 18.6. The summed E-state index contributed by atoms with van der Waals surface area (Å²) in [6, 6.07) is 13.3. The second-order valence-corrected chi connectivity index (χ2v) is 7.67. The molecule has 1 fully saturated rings. The Kier molecular flexibility index (Phi) is 5.97. The summed E-state index contributed by atoms with van der Waals surface area (Å²) in [6.07, 6.45) is 7.70. The van der Waals surface area contributed by atoms with Crippen molar-refractivity contribution in [1.29, 1.82) is 0 Å². The van der Waals surface area contributed by atoms with Crippen LogP contribution < -0.4 is 10.2 Å². The first-order valence-electron chi connectivity index (χ1n) is 9.66. The van der Waals surface area contributed by atoms with E-state index in [9.17, 15) is 4.79 Å². The van der Waals surface area contributed by atoms with Crippen LogP contribution in [0.1, 0.15) is 48.2 Å². The number of hydrogen-bond donors (Lipinski definition) is 0.